The van der Waals surface area contributed by atoms with Gasteiger partial charge in [0.15, 0.2) is 0 Å². The van der Waals surface area contributed by atoms with Crippen LogP contribution in [0.15, 0.2) is 0 Å². The summed E-state index contributed by atoms with van der Waals surface area (Å²) in [5.41, 5.74) is 0. The number of hydrogen-bond donors (Lipinski definition) is 2. The van der Waals surface area contributed by atoms with Crippen molar-refractivity contribution in [2.75, 3.05) is 46.0 Å². The molecular formula is C12H25N3O2. The van der Waals surface area contributed by atoms with E-state index in [1.165, 1.54) is 0 Å². The summed E-state index contributed by atoms with van der Waals surface area (Å²) >= 11 is 0. The first-order chi connectivity index (χ1) is 8.11. The fraction of sp³-hybridized carbons (Fsp3) is 0.917. The smallest absolute Gasteiger partial charge is 0.221 e. The summed E-state index contributed by atoms with van der Waals surface area (Å²) < 4.78 is 0. The lowest BCUT2D eigenvalue weighted by molar-refractivity contribution is -0.122. The molecule has 0 saturated carbocycles. The normalized spacial score (nSPS) is 18.6. The van der Waals surface area contributed by atoms with Crippen LogP contribution < -0.4 is 5.32 Å². The van der Waals surface area contributed by atoms with E-state index in [1.54, 1.807) is 0 Å². The molecule has 100 valence electrons. The van der Waals surface area contributed by atoms with Crippen molar-refractivity contribution >= 4 is 5.91 Å². The Morgan fingerprint density at radius 3 is 2.35 bits per heavy atom. The molecule has 1 aliphatic rings. The summed E-state index contributed by atoms with van der Waals surface area (Å²) in [4.78, 5) is 16.0. The number of aliphatic hydroxyl groups excluding tert-OH is 1. The van der Waals surface area contributed by atoms with Gasteiger partial charge in [0.2, 0.25) is 5.91 Å². The van der Waals surface area contributed by atoms with E-state index < -0.39 is 0 Å². The maximum Gasteiger partial charge on any atom is 0.221 e. The van der Waals surface area contributed by atoms with Gasteiger partial charge in [-0.25, -0.2) is 0 Å². The third-order valence-corrected chi connectivity index (χ3v) is 2.97. The minimum atomic E-state index is 0.137. The zero-order valence-corrected chi connectivity index (χ0v) is 11.0. The molecule has 1 heterocycles. The number of carbonyl (C=O) groups is 1. The molecule has 0 aromatic carbocycles. The maximum absolute atomic E-state index is 11.5. The molecule has 1 amide bonds. The van der Waals surface area contributed by atoms with Crippen molar-refractivity contribution < 1.29 is 9.90 Å². The molecule has 5 nitrogen and oxygen atoms in total. The molecule has 0 aromatic rings. The Bertz CT molecular complexity index is 226. The molecule has 0 bridgehead atoms. The van der Waals surface area contributed by atoms with Crippen molar-refractivity contribution in [3.05, 3.63) is 0 Å². The summed E-state index contributed by atoms with van der Waals surface area (Å²) in [6.07, 6.45) is 0.602. The monoisotopic (exact) mass is 243 g/mol. The van der Waals surface area contributed by atoms with Crippen LogP contribution in [0.2, 0.25) is 0 Å². The van der Waals surface area contributed by atoms with Gasteiger partial charge in [-0.15, -0.1) is 0 Å². The van der Waals surface area contributed by atoms with Gasteiger partial charge in [-0.2, -0.15) is 0 Å². The number of hydrogen-bond acceptors (Lipinski definition) is 4. The minimum Gasteiger partial charge on any atom is -0.395 e. The molecule has 2 N–H and O–H groups in total. The predicted octanol–water partition coefficient (Wildman–Crippen LogP) is -0.284. The fourth-order valence-corrected chi connectivity index (χ4v) is 1.96. The van der Waals surface area contributed by atoms with Gasteiger partial charge in [0, 0.05) is 39.1 Å². The van der Waals surface area contributed by atoms with E-state index in [0.29, 0.717) is 19.0 Å². The van der Waals surface area contributed by atoms with Crippen LogP contribution in [0.1, 0.15) is 20.3 Å². The highest BCUT2D eigenvalue weighted by Crippen LogP contribution is 2.01. The van der Waals surface area contributed by atoms with Gasteiger partial charge >= 0.3 is 0 Å². The highest BCUT2D eigenvalue weighted by molar-refractivity contribution is 5.75. The molecule has 0 aromatic heterocycles. The van der Waals surface area contributed by atoms with E-state index in [9.17, 15) is 4.79 Å². The van der Waals surface area contributed by atoms with E-state index >= 15 is 0 Å². The van der Waals surface area contributed by atoms with Crippen LogP contribution in [0.3, 0.4) is 0 Å². The highest BCUT2D eigenvalue weighted by atomic mass is 16.3. The topological polar surface area (TPSA) is 55.8 Å². The second kappa shape index (κ2) is 7.63. The fourth-order valence-electron chi connectivity index (χ4n) is 1.96. The van der Waals surface area contributed by atoms with Crippen LogP contribution in [0.25, 0.3) is 0 Å². The van der Waals surface area contributed by atoms with Crippen molar-refractivity contribution in [1.29, 1.82) is 0 Å². The van der Waals surface area contributed by atoms with Crippen molar-refractivity contribution in [3.63, 3.8) is 0 Å². The predicted molar refractivity (Wildman–Crippen MR) is 67.6 cm³/mol. The average Bonchev–Trinajstić information content (AvgIpc) is 2.28. The van der Waals surface area contributed by atoms with Gasteiger partial charge in [0.25, 0.3) is 0 Å². The Morgan fingerprint density at radius 1 is 1.24 bits per heavy atom. The lowest BCUT2D eigenvalue weighted by Crippen LogP contribution is -2.50. The molecule has 0 aliphatic carbocycles. The van der Waals surface area contributed by atoms with Crippen LogP contribution in [0.4, 0.5) is 0 Å². The van der Waals surface area contributed by atoms with E-state index in [4.69, 9.17) is 5.11 Å². The number of nitrogens with zero attached hydrogens (tertiary/aromatic N) is 2. The molecule has 5 heteroatoms. The van der Waals surface area contributed by atoms with Crippen LogP contribution in [0.5, 0.6) is 0 Å². The third kappa shape index (κ3) is 6.00. The van der Waals surface area contributed by atoms with Gasteiger partial charge < -0.3 is 10.4 Å². The van der Waals surface area contributed by atoms with Gasteiger partial charge in [0.1, 0.15) is 0 Å². The Balaban J connectivity index is 2.11. The molecular weight excluding hydrogens is 218 g/mol. The summed E-state index contributed by atoms with van der Waals surface area (Å²) in [7, 11) is 0. The molecule has 0 spiro atoms. The SMILES string of the molecule is CC(C)CC(=O)NCN1CCN(CCO)CC1. The van der Waals surface area contributed by atoms with Crippen LogP contribution in [0, 0.1) is 5.92 Å². The molecule has 0 atom stereocenters. The Hall–Kier alpha value is -0.650. The lowest BCUT2D eigenvalue weighted by Gasteiger charge is -2.34. The van der Waals surface area contributed by atoms with Gasteiger partial charge in [-0.05, 0) is 5.92 Å². The molecule has 1 aliphatic heterocycles. The zero-order valence-electron chi connectivity index (χ0n) is 11.0. The third-order valence-electron chi connectivity index (χ3n) is 2.97. The number of nitrogens with one attached hydrogen (secondary N) is 1. The first-order valence-corrected chi connectivity index (χ1v) is 6.44. The number of rotatable bonds is 6. The molecule has 1 rings (SSSR count). The molecule has 1 fully saturated rings. The van der Waals surface area contributed by atoms with Crippen molar-refractivity contribution in [2.24, 2.45) is 5.92 Å². The van der Waals surface area contributed by atoms with Gasteiger partial charge in [-0.1, -0.05) is 13.8 Å². The van der Waals surface area contributed by atoms with E-state index in [0.717, 1.165) is 32.7 Å². The van der Waals surface area contributed by atoms with E-state index in [2.05, 4.69) is 15.1 Å². The summed E-state index contributed by atoms with van der Waals surface area (Å²) in [5.74, 6) is 0.550. The minimum absolute atomic E-state index is 0.137. The quantitative estimate of drug-likeness (QED) is 0.673. The molecule has 0 unspecified atom stereocenters. The van der Waals surface area contributed by atoms with Crippen LogP contribution in [-0.2, 0) is 4.79 Å². The average molecular weight is 243 g/mol. The Kier molecular flexibility index (Phi) is 6.47. The Labute approximate surface area is 104 Å². The van der Waals surface area contributed by atoms with E-state index in [-0.39, 0.29) is 12.5 Å². The number of β-amino-alcohol motifs (C(OH)–C–C–N with tert-alkyl or cyclic N) is 1. The molecule has 0 radical (unpaired) electrons. The lowest BCUT2D eigenvalue weighted by atomic mass is 10.1. The second-order valence-corrected chi connectivity index (χ2v) is 5.04. The van der Waals surface area contributed by atoms with Crippen molar-refractivity contribution in [2.45, 2.75) is 20.3 Å². The second-order valence-electron chi connectivity index (χ2n) is 5.04. The number of piperazine rings is 1. The zero-order chi connectivity index (χ0) is 12.7. The van der Waals surface area contributed by atoms with Crippen LogP contribution in [-0.4, -0.2) is 66.8 Å². The summed E-state index contributed by atoms with van der Waals surface area (Å²) in [6.45, 7) is 9.60. The van der Waals surface area contributed by atoms with Crippen LogP contribution >= 0.6 is 0 Å². The van der Waals surface area contributed by atoms with Crippen molar-refractivity contribution in [3.8, 4) is 0 Å². The first kappa shape index (κ1) is 14.4. The van der Waals surface area contributed by atoms with E-state index in [1.807, 2.05) is 13.8 Å². The van der Waals surface area contributed by atoms with Gasteiger partial charge in [0.05, 0.1) is 13.3 Å². The number of aliphatic hydroxyl groups is 1. The standard InChI is InChI=1S/C12H25N3O2/c1-11(2)9-12(17)13-10-15-5-3-14(4-6-15)7-8-16/h11,16H,3-10H2,1-2H3,(H,13,17). The van der Waals surface area contributed by atoms with Crippen molar-refractivity contribution in [1.82, 2.24) is 15.1 Å². The largest absolute Gasteiger partial charge is 0.395 e. The molecule has 1 saturated heterocycles. The Morgan fingerprint density at radius 2 is 1.82 bits per heavy atom. The highest BCUT2D eigenvalue weighted by Gasteiger charge is 2.16. The molecule has 17 heavy (non-hydrogen) atoms. The summed E-state index contributed by atoms with van der Waals surface area (Å²) in [5, 5.41) is 11.8. The summed E-state index contributed by atoms with van der Waals surface area (Å²) in [6, 6.07) is 0. The number of amides is 1. The number of carbonyl (C=O) groups excluding carboxylic acids is 1. The maximum atomic E-state index is 11.5. The first-order valence-electron chi connectivity index (χ1n) is 6.44. The van der Waals surface area contributed by atoms with Gasteiger partial charge in [-0.3, -0.25) is 14.6 Å².